The number of aryl methyl sites for hydroxylation is 2. The Hall–Kier alpha value is -3.75. The van der Waals surface area contributed by atoms with Crippen molar-refractivity contribution in [3.8, 4) is 0 Å². The van der Waals surface area contributed by atoms with Crippen LogP contribution >= 0.6 is 0 Å². The van der Waals surface area contributed by atoms with E-state index in [-0.39, 0.29) is 25.0 Å². The van der Waals surface area contributed by atoms with Crippen LogP contribution in [0.2, 0.25) is 0 Å². The molecule has 0 aliphatic carbocycles. The standard InChI is InChI=1S/C34H40N2O6/c1-5-7-11-20-41-33(40)27-26-17-18-34(42-26)28(27)31(38)36(25(21-37)24-15-9-8-10-16-24)30(34)32(39)35(19-6-2)29-22(3)13-12-14-23(29)4/h5-6,8-10,12-16,25-28,30,37H,1-2,7,11,17-21H2,3-4H3/t25-,26-,27+,28+,30?,34?/m1/s1. The summed E-state index contributed by atoms with van der Waals surface area (Å²) in [6.07, 6.45) is 5.24. The van der Waals surface area contributed by atoms with E-state index in [2.05, 4.69) is 13.2 Å². The number of fused-ring (bicyclic) bond motifs is 1. The van der Waals surface area contributed by atoms with Gasteiger partial charge in [-0.05, 0) is 56.2 Å². The zero-order valence-electron chi connectivity index (χ0n) is 24.4. The molecule has 3 heterocycles. The molecular weight excluding hydrogens is 532 g/mol. The van der Waals surface area contributed by atoms with Crippen molar-refractivity contribution in [2.24, 2.45) is 11.8 Å². The number of aliphatic hydroxyl groups excluding tert-OH is 1. The molecule has 0 radical (unpaired) electrons. The van der Waals surface area contributed by atoms with Gasteiger partial charge in [0.1, 0.15) is 11.6 Å². The van der Waals surface area contributed by atoms with Crippen molar-refractivity contribution in [1.29, 1.82) is 0 Å². The summed E-state index contributed by atoms with van der Waals surface area (Å²) in [4.78, 5) is 46.0. The Morgan fingerprint density at radius 2 is 1.86 bits per heavy atom. The number of likely N-dealkylation sites (tertiary alicyclic amines) is 1. The lowest BCUT2D eigenvalue weighted by molar-refractivity contribution is -0.156. The second kappa shape index (κ2) is 12.2. The number of amides is 2. The lowest BCUT2D eigenvalue weighted by atomic mass is 9.70. The van der Waals surface area contributed by atoms with Gasteiger partial charge in [-0.15, -0.1) is 13.2 Å². The third-order valence-corrected chi connectivity index (χ3v) is 9.02. The first-order valence-corrected chi connectivity index (χ1v) is 14.7. The summed E-state index contributed by atoms with van der Waals surface area (Å²) >= 11 is 0. The lowest BCUT2D eigenvalue weighted by Gasteiger charge is -2.40. The van der Waals surface area contributed by atoms with E-state index < -0.39 is 48.2 Å². The summed E-state index contributed by atoms with van der Waals surface area (Å²) in [7, 11) is 0. The summed E-state index contributed by atoms with van der Waals surface area (Å²) < 4.78 is 12.2. The number of hydrogen-bond acceptors (Lipinski definition) is 6. The minimum Gasteiger partial charge on any atom is -0.465 e. The number of aliphatic hydroxyl groups is 1. The average Bonchev–Trinajstić information content (AvgIpc) is 3.63. The van der Waals surface area contributed by atoms with Crippen LogP contribution in [-0.2, 0) is 23.9 Å². The molecule has 0 saturated carbocycles. The van der Waals surface area contributed by atoms with Gasteiger partial charge < -0.3 is 24.4 Å². The molecule has 8 heteroatoms. The van der Waals surface area contributed by atoms with Crippen LogP contribution in [0.5, 0.6) is 0 Å². The van der Waals surface area contributed by atoms with Crippen LogP contribution in [0.15, 0.2) is 73.8 Å². The van der Waals surface area contributed by atoms with Crippen molar-refractivity contribution in [3.05, 3.63) is 90.5 Å². The van der Waals surface area contributed by atoms with Gasteiger partial charge >= 0.3 is 5.97 Å². The van der Waals surface area contributed by atoms with Crippen LogP contribution in [0.3, 0.4) is 0 Å². The van der Waals surface area contributed by atoms with Crippen molar-refractivity contribution in [2.45, 2.75) is 63.3 Å². The van der Waals surface area contributed by atoms with Gasteiger partial charge in [0.05, 0.1) is 37.2 Å². The molecule has 3 aliphatic heterocycles. The first-order chi connectivity index (χ1) is 20.3. The number of benzene rings is 2. The number of nitrogens with zero attached hydrogens (tertiary/aromatic N) is 2. The fraction of sp³-hybridized carbons (Fsp3) is 0.441. The smallest absolute Gasteiger partial charge is 0.312 e. The predicted octanol–water partition coefficient (Wildman–Crippen LogP) is 4.44. The van der Waals surface area contributed by atoms with Crippen molar-refractivity contribution in [3.63, 3.8) is 0 Å². The van der Waals surface area contributed by atoms with Crippen molar-refractivity contribution >= 4 is 23.5 Å². The van der Waals surface area contributed by atoms with Crippen LogP contribution in [-0.4, -0.2) is 65.3 Å². The van der Waals surface area contributed by atoms with E-state index in [4.69, 9.17) is 9.47 Å². The van der Waals surface area contributed by atoms with Gasteiger partial charge in [0.15, 0.2) is 0 Å². The van der Waals surface area contributed by atoms with Gasteiger partial charge in [0.25, 0.3) is 5.91 Å². The molecule has 2 aromatic rings. The van der Waals surface area contributed by atoms with Crippen LogP contribution < -0.4 is 4.90 Å². The summed E-state index contributed by atoms with van der Waals surface area (Å²) in [5.74, 6) is -2.88. The molecule has 3 fully saturated rings. The van der Waals surface area contributed by atoms with E-state index in [9.17, 15) is 19.5 Å². The Bertz CT molecular complexity index is 1340. The fourth-order valence-electron chi connectivity index (χ4n) is 7.30. The minimum atomic E-state index is -1.22. The molecule has 2 aromatic carbocycles. The Balaban J connectivity index is 1.61. The fourth-order valence-corrected chi connectivity index (χ4v) is 7.30. The van der Waals surface area contributed by atoms with Crippen molar-refractivity contribution in [1.82, 2.24) is 4.90 Å². The zero-order valence-corrected chi connectivity index (χ0v) is 24.4. The van der Waals surface area contributed by atoms with E-state index in [0.717, 1.165) is 16.8 Å². The molecule has 1 spiro atoms. The zero-order chi connectivity index (χ0) is 30.0. The molecular formula is C34H40N2O6. The Morgan fingerprint density at radius 3 is 2.50 bits per heavy atom. The van der Waals surface area contributed by atoms with Gasteiger partial charge in [0, 0.05) is 12.2 Å². The summed E-state index contributed by atoms with van der Waals surface area (Å²) in [6, 6.07) is 13.2. The molecule has 42 heavy (non-hydrogen) atoms. The number of allylic oxidation sites excluding steroid dienone is 1. The molecule has 6 atom stereocenters. The summed E-state index contributed by atoms with van der Waals surface area (Å²) in [6.45, 7) is 11.5. The SMILES string of the molecule is C=CCCCOC(=O)[C@@H]1[C@H]2C(=O)N([C@H](CO)c3ccccc3)C(C(=O)N(CC=C)c3c(C)cccc3C)C23CC[C@H]1O3. The number of unbranched alkanes of at least 4 members (excludes halogenated alkanes) is 1. The third kappa shape index (κ3) is 4.86. The molecule has 3 aliphatic rings. The number of carbonyl (C=O) groups excluding carboxylic acids is 3. The van der Waals surface area contributed by atoms with Crippen LogP contribution in [0.4, 0.5) is 5.69 Å². The van der Waals surface area contributed by atoms with Crippen LogP contribution in [0.1, 0.15) is 48.4 Å². The number of rotatable bonds is 12. The molecule has 2 unspecified atom stereocenters. The van der Waals surface area contributed by atoms with Gasteiger partial charge in [0.2, 0.25) is 5.91 Å². The molecule has 8 nitrogen and oxygen atoms in total. The molecule has 2 bridgehead atoms. The number of hydrogen-bond donors (Lipinski definition) is 1. The predicted molar refractivity (Wildman–Crippen MR) is 160 cm³/mol. The molecule has 222 valence electrons. The first kappa shape index (κ1) is 29.7. The van der Waals surface area contributed by atoms with Gasteiger partial charge in [-0.2, -0.15) is 0 Å². The second-order valence-corrected chi connectivity index (χ2v) is 11.5. The Labute approximate surface area is 247 Å². The van der Waals surface area contributed by atoms with E-state index in [0.29, 0.717) is 31.2 Å². The Kier molecular flexibility index (Phi) is 8.66. The third-order valence-electron chi connectivity index (χ3n) is 9.02. The van der Waals surface area contributed by atoms with Gasteiger partial charge in [-0.3, -0.25) is 14.4 Å². The highest BCUT2D eigenvalue weighted by molar-refractivity contribution is 6.05. The second-order valence-electron chi connectivity index (χ2n) is 11.5. The van der Waals surface area contributed by atoms with E-state index >= 15 is 0 Å². The average molecular weight is 573 g/mol. The monoisotopic (exact) mass is 572 g/mol. The number of esters is 1. The molecule has 3 saturated heterocycles. The number of ether oxygens (including phenoxy) is 2. The van der Waals surface area contributed by atoms with Crippen molar-refractivity contribution in [2.75, 3.05) is 24.7 Å². The number of para-hydroxylation sites is 1. The van der Waals surface area contributed by atoms with E-state index in [1.807, 2.05) is 62.4 Å². The maximum absolute atomic E-state index is 14.9. The van der Waals surface area contributed by atoms with Crippen LogP contribution in [0, 0.1) is 25.7 Å². The first-order valence-electron chi connectivity index (χ1n) is 14.7. The quantitative estimate of drug-likeness (QED) is 0.230. The number of anilines is 1. The molecule has 1 N–H and O–H groups in total. The lowest BCUT2D eigenvalue weighted by Crippen LogP contribution is -2.57. The maximum Gasteiger partial charge on any atom is 0.312 e. The van der Waals surface area contributed by atoms with Gasteiger partial charge in [-0.1, -0.05) is 60.7 Å². The maximum atomic E-state index is 14.9. The highest BCUT2D eigenvalue weighted by atomic mass is 16.6. The number of carbonyl (C=O) groups is 3. The highest BCUT2D eigenvalue weighted by Crippen LogP contribution is 2.60. The topological polar surface area (TPSA) is 96.4 Å². The minimum absolute atomic E-state index is 0.219. The van der Waals surface area contributed by atoms with Crippen LogP contribution in [0.25, 0.3) is 0 Å². The summed E-state index contributed by atoms with van der Waals surface area (Å²) in [5.41, 5.74) is 2.05. The molecule has 0 aromatic heterocycles. The Morgan fingerprint density at radius 1 is 1.14 bits per heavy atom. The van der Waals surface area contributed by atoms with E-state index in [1.165, 1.54) is 4.90 Å². The summed E-state index contributed by atoms with van der Waals surface area (Å²) in [5, 5.41) is 10.7. The normalized spacial score (nSPS) is 26.5. The van der Waals surface area contributed by atoms with Crippen molar-refractivity contribution < 1.29 is 29.0 Å². The largest absolute Gasteiger partial charge is 0.465 e. The highest BCUT2D eigenvalue weighted by Gasteiger charge is 2.75. The van der Waals surface area contributed by atoms with E-state index in [1.54, 1.807) is 17.1 Å². The molecule has 5 rings (SSSR count). The molecule has 2 amide bonds. The van der Waals surface area contributed by atoms with Gasteiger partial charge in [-0.25, -0.2) is 0 Å².